The molecule has 4 atom stereocenters. The van der Waals surface area contributed by atoms with Crippen LogP contribution in [0.2, 0.25) is 0 Å². The predicted octanol–water partition coefficient (Wildman–Crippen LogP) is 12.7. The van der Waals surface area contributed by atoms with Crippen LogP contribution in [0.4, 0.5) is 11.4 Å². The second-order valence-corrected chi connectivity index (χ2v) is 16.1. The SMILES string of the molecule is C1=CC2c3ccccc3N(c3cccc4sc5c(-c6cccc7oc8cccc(C9=NC(c%10ccccc%10)NC(c%10ccccc%10)N9)c8c67)cccc5c34)C2C=C1. The van der Waals surface area contributed by atoms with Gasteiger partial charge < -0.3 is 14.6 Å². The Morgan fingerprint density at radius 2 is 1.23 bits per heavy atom. The third-order valence-corrected chi connectivity index (χ3v) is 13.1. The van der Waals surface area contributed by atoms with Crippen molar-refractivity contribution >= 4 is 70.7 Å². The van der Waals surface area contributed by atoms with E-state index in [0.29, 0.717) is 5.92 Å². The summed E-state index contributed by atoms with van der Waals surface area (Å²) in [6.07, 6.45) is 8.72. The summed E-state index contributed by atoms with van der Waals surface area (Å²) >= 11 is 1.88. The molecule has 0 saturated carbocycles. The Balaban J connectivity index is 1.05. The first kappa shape index (κ1) is 32.5. The summed E-state index contributed by atoms with van der Waals surface area (Å²) in [5.74, 6) is 1.16. The molecule has 0 amide bonds. The summed E-state index contributed by atoms with van der Waals surface area (Å²) < 4.78 is 9.25. The van der Waals surface area contributed by atoms with Gasteiger partial charge in [-0.05, 0) is 52.6 Å². The van der Waals surface area contributed by atoms with Crippen molar-refractivity contribution in [1.29, 1.82) is 0 Å². The van der Waals surface area contributed by atoms with E-state index < -0.39 is 0 Å². The van der Waals surface area contributed by atoms with E-state index in [2.05, 4.69) is 191 Å². The van der Waals surface area contributed by atoms with Crippen LogP contribution in [-0.2, 0) is 0 Å². The average Bonchev–Trinajstić information content (AvgIpc) is 3.97. The molecule has 0 fully saturated rings. The molecule has 272 valence electrons. The van der Waals surface area contributed by atoms with Crippen molar-refractivity contribution in [3.63, 3.8) is 0 Å². The summed E-state index contributed by atoms with van der Waals surface area (Å²) in [6.45, 7) is 0. The van der Waals surface area contributed by atoms with Crippen LogP contribution in [0.5, 0.6) is 0 Å². The Labute approximate surface area is 333 Å². The molecule has 4 heterocycles. The van der Waals surface area contributed by atoms with Crippen LogP contribution in [0.15, 0.2) is 191 Å². The van der Waals surface area contributed by atoms with Crippen LogP contribution in [-0.4, -0.2) is 11.9 Å². The van der Waals surface area contributed by atoms with Crippen molar-refractivity contribution in [2.45, 2.75) is 24.3 Å². The molecule has 1 aliphatic carbocycles. The topological polar surface area (TPSA) is 52.8 Å². The van der Waals surface area contributed by atoms with Crippen LogP contribution in [0.1, 0.15) is 40.5 Å². The number of para-hydroxylation sites is 1. The number of nitrogens with zero attached hydrogens (tertiary/aromatic N) is 2. The zero-order chi connectivity index (χ0) is 37.5. The largest absolute Gasteiger partial charge is 0.456 e. The lowest BCUT2D eigenvalue weighted by Gasteiger charge is -2.32. The zero-order valence-electron chi connectivity index (χ0n) is 30.8. The lowest BCUT2D eigenvalue weighted by Crippen LogP contribution is -2.45. The number of benzene rings is 7. The first-order valence-corrected chi connectivity index (χ1v) is 20.4. The fourth-order valence-electron chi connectivity index (χ4n) is 9.42. The van der Waals surface area contributed by atoms with Gasteiger partial charge in [0.05, 0.1) is 11.7 Å². The number of hydrogen-bond donors (Lipinski definition) is 2. The number of thiophene rings is 1. The number of anilines is 2. The van der Waals surface area contributed by atoms with E-state index in [4.69, 9.17) is 9.41 Å². The molecule has 0 bridgehead atoms. The molecule has 2 aliphatic heterocycles. The molecule has 2 aromatic heterocycles. The van der Waals surface area contributed by atoms with Gasteiger partial charge in [0, 0.05) is 53.7 Å². The Bertz CT molecular complexity index is 3120. The van der Waals surface area contributed by atoms with E-state index in [1.807, 2.05) is 17.4 Å². The smallest absolute Gasteiger partial charge is 0.136 e. The van der Waals surface area contributed by atoms with Crippen LogP contribution in [0, 0.1) is 0 Å². The van der Waals surface area contributed by atoms with Gasteiger partial charge in [-0.2, -0.15) is 0 Å². The van der Waals surface area contributed by atoms with E-state index in [0.717, 1.165) is 50.0 Å². The number of hydrogen-bond acceptors (Lipinski definition) is 6. The Morgan fingerprint density at radius 1 is 0.561 bits per heavy atom. The first-order valence-electron chi connectivity index (χ1n) is 19.6. The number of furan rings is 1. The highest BCUT2D eigenvalue weighted by atomic mass is 32.1. The molecule has 12 rings (SSSR count). The van der Waals surface area contributed by atoms with Crippen molar-refractivity contribution in [1.82, 2.24) is 10.6 Å². The lowest BCUT2D eigenvalue weighted by molar-refractivity contribution is 0.409. The van der Waals surface area contributed by atoms with Gasteiger partial charge in [-0.25, -0.2) is 4.99 Å². The van der Waals surface area contributed by atoms with Gasteiger partial charge in [-0.3, -0.25) is 5.32 Å². The fraction of sp³-hybridized carbons (Fsp3) is 0.0784. The summed E-state index contributed by atoms with van der Waals surface area (Å²) in [5.41, 5.74) is 11.3. The average molecular weight is 753 g/mol. The van der Waals surface area contributed by atoms with Crippen molar-refractivity contribution in [3.05, 3.63) is 204 Å². The van der Waals surface area contributed by atoms with E-state index in [-0.39, 0.29) is 18.4 Å². The fourth-order valence-corrected chi connectivity index (χ4v) is 10.7. The second-order valence-electron chi connectivity index (χ2n) is 15.1. The first-order chi connectivity index (χ1) is 28.3. The minimum atomic E-state index is -0.236. The van der Waals surface area contributed by atoms with Gasteiger partial charge in [-0.1, -0.05) is 152 Å². The van der Waals surface area contributed by atoms with Gasteiger partial charge in [0.1, 0.15) is 29.3 Å². The van der Waals surface area contributed by atoms with Crippen molar-refractivity contribution < 1.29 is 4.42 Å². The van der Waals surface area contributed by atoms with Gasteiger partial charge in [0.25, 0.3) is 0 Å². The molecular formula is C51H36N4OS. The molecule has 0 spiro atoms. The maximum atomic E-state index is 6.70. The molecule has 4 unspecified atom stereocenters. The minimum Gasteiger partial charge on any atom is -0.456 e. The van der Waals surface area contributed by atoms with Gasteiger partial charge in [0.2, 0.25) is 0 Å². The molecule has 7 aromatic carbocycles. The van der Waals surface area contributed by atoms with Crippen molar-refractivity contribution in [2.75, 3.05) is 4.90 Å². The number of rotatable bonds is 5. The molecular weight excluding hydrogens is 717 g/mol. The van der Waals surface area contributed by atoms with Gasteiger partial charge in [-0.15, -0.1) is 11.3 Å². The summed E-state index contributed by atoms with van der Waals surface area (Å²) in [7, 11) is 0. The molecule has 57 heavy (non-hydrogen) atoms. The zero-order valence-corrected chi connectivity index (χ0v) is 31.7. The number of allylic oxidation sites excluding steroid dienone is 2. The number of nitrogens with one attached hydrogen (secondary N) is 2. The minimum absolute atomic E-state index is 0.142. The van der Waals surface area contributed by atoms with E-state index in [9.17, 15) is 0 Å². The molecule has 0 saturated heterocycles. The third kappa shape index (κ3) is 5.08. The highest BCUT2D eigenvalue weighted by molar-refractivity contribution is 7.26. The normalized spacial score (nSPS) is 19.9. The van der Waals surface area contributed by atoms with E-state index in [1.54, 1.807) is 0 Å². The van der Waals surface area contributed by atoms with Crippen LogP contribution in [0.3, 0.4) is 0 Å². The Morgan fingerprint density at radius 3 is 2.07 bits per heavy atom. The molecule has 2 N–H and O–H groups in total. The van der Waals surface area contributed by atoms with Crippen LogP contribution in [0.25, 0.3) is 53.2 Å². The van der Waals surface area contributed by atoms with Gasteiger partial charge in [0.15, 0.2) is 0 Å². The van der Waals surface area contributed by atoms with Crippen LogP contribution < -0.4 is 15.5 Å². The standard InChI is InChI=1S/C51H36N4OS/c1-3-15-31(16-4-1)49-52-50(32-17-5-2-6-18-32)54-51(53-49)38-24-13-29-43-47(38)46-35(21-12-28-42(46)56-43)36-22-11-23-37-45-41(27-14-30-44(45)57-48(36)37)55-39-25-9-7-19-33(39)34-20-8-10-26-40(34)55/h1-30,33,39,49-50,52H,(H,53,54). The molecule has 5 nitrogen and oxygen atoms in total. The third-order valence-electron chi connectivity index (χ3n) is 11.9. The van der Waals surface area contributed by atoms with Gasteiger partial charge >= 0.3 is 0 Å². The highest BCUT2D eigenvalue weighted by Gasteiger charge is 2.38. The summed E-state index contributed by atoms with van der Waals surface area (Å²) in [5, 5.41) is 12.3. The maximum absolute atomic E-state index is 6.70. The Hall–Kier alpha value is -6.73. The van der Waals surface area contributed by atoms with Crippen molar-refractivity contribution in [3.8, 4) is 11.1 Å². The molecule has 0 radical (unpaired) electrons. The number of aliphatic imine (C=N–C) groups is 1. The second kappa shape index (κ2) is 12.9. The summed E-state index contributed by atoms with van der Waals surface area (Å²) in [4.78, 5) is 7.91. The van der Waals surface area contributed by atoms with Crippen molar-refractivity contribution in [2.24, 2.45) is 4.99 Å². The Kier molecular flexibility index (Phi) is 7.37. The van der Waals surface area contributed by atoms with Crippen LogP contribution >= 0.6 is 11.3 Å². The van der Waals surface area contributed by atoms with E-state index >= 15 is 0 Å². The van der Waals surface area contributed by atoms with E-state index in [1.165, 1.54) is 42.7 Å². The molecule has 9 aromatic rings. The highest BCUT2D eigenvalue weighted by Crippen LogP contribution is 2.52. The quantitative estimate of drug-likeness (QED) is 0.184. The number of fused-ring (bicyclic) bond motifs is 9. The maximum Gasteiger partial charge on any atom is 0.136 e. The lowest BCUT2D eigenvalue weighted by atomic mass is 9.91. The monoisotopic (exact) mass is 752 g/mol. The summed E-state index contributed by atoms with van der Waals surface area (Å²) in [6, 6.07) is 56.6. The predicted molar refractivity (Wildman–Crippen MR) is 237 cm³/mol. The molecule has 3 aliphatic rings. The molecule has 6 heteroatoms. The number of amidine groups is 1.